The van der Waals surface area contributed by atoms with E-state index in [1.165, 1.54) is 0 Å². The van der Waals surface area contributed by atoms with E-state index in [9.17, 15) is 14.9 Å². The third-order valence-electron chi connectivity index (χ3n) is 1.12. The molecule has 11 heavy (non-hydrogen) atoms. The van der Waals surface area contributed by atoms with Gasteiger partial charge in [-0.15, -0.1) is 0 Å². The zero-order valence-electron chi connectivity index (χ0n) is 6.01. The molecule has 0 heterocycles. The molecule has 0 radical (unpaired) electrons. The van der Waals surface area contributed by atoms with Crippen molar-refractivity contribution < 1.29 is 9.72 Å². The van der Waals surface area contributed by atoms with Gasteiger partial charge in [0.05, 0.1) is 0 Å². The van der Waals surface area contributed by atoms with Crippen molar-refractivity contribution >= 4 is 5.91 Å². The molecule has 0 aromatic heterocycles. The number of hydrogen-bond acceptors (Lipinski definition) is 3. The van der Waals surface area contributed by atoms with Gasteiger partial charge in [-0.3, -0.25) is 14.9 Å². The van der Waals surface area contributed by atoms with Crippen LogP contribution in [-0.2, 0) is 4.79 Å². The van der Waals surface area contributed by atoms with Gasteiger partial charge in [-0.2, -0.15) is 0 Å². The van der Waals surface area contributed by atoms with E-state index < -0.39 is 16.4 Å². The molecule has 0 bridgehead atoms. The average Bonchev–Trinajstić information content (AvgIpc) is 1.88. The van der Waals surface area contributed by atoms with Crippen LogP contribution in [0.25, 0.3) is 10.4 Å². The van der Waals surface area contributed by atoms with Crippen molar-refractivity contribution in [2.45, 2.75) is 19.4 Å². The van der Waals surface area contributed by atoms with Gasteiger partial charge in [0, 0.05) is 23.7 Å². The van der Waals surface area contributed by atoms with Crippen molar-refractivity contribution in [2.24, 2.45) is 5.11 Å². The minimum atomic E-state index is -1.83. The third kappa shape index (κ3) is 1.91. The number of amides is 1. The number of nitrogens with zero attached hydrogens (tertiary/aromatic N) is 4. The molecule has 0 fully saturated rings. The molecule has 0 aromatic rings. The summed E-state index contributed by atoms with van der Waals surface area (Å²) < 4.78 is 0. The molecule has 0 aliphatic carbocycles. The highest BCUT2D eigenvalue weighted by molar-refractivity contribution is 5.84. The van der Waals surface area contributed by atoms with Gasteiger partial charge >= 0.3 is 0 Å². The Hall–Kier alpha value is -1.62. The summed E-state index contributed by atoms with van der Waals surface area (Å²) in [6, 6.07) is 0. The molecule has 0 saturated carbocycles. The van der Waals surface area contributed by atoms with Gasteiger partial charge in [-0.05, 0) is 10.6 Å². The van der Waals surface area contributed by atoms with E-state index in [1.54, 1.807) is 0 Å². The zero-order chi connectivity index (χ0) is 9.07. The molecule has 0 unspecified atom stereocenters. The molecule has 0 rings (SSSR count). The number of carbonyl (C=O) groups excluding carboxylic acids is 1. The largest absolute Gasteiger partial charge is 0.294 e. The second-order valence-electron chi connectivity index (χ2n) is 2.31. The first-order valence-electron chi connectivity index (χ1n) is 2.67. The molecule has 0 spiro atoms. The zero-order valence-corrected chi connectivity index (χ0v) is 6.01. The Kier molecular flexibility index (Phi) is 2.54. The average molecular weight is 158 g/mol. The second-order valence-corrected chi connectivity index (χ2v) is 2.31. The fraction of sp³-hybridized carbons (Fsp3) is 0.750. The van der Waals surface area contributed by atoms with Gasteiger partial charge in [0.1, 0.15) is 0 Å². The molecule has 1 amide bonds. The summed E-state index contributed by atoms with van der Waals surface area (Å²) in [5.41, 5.74) is 5.97. The van der Waals surface area contributed by atoms with Gasteiger partial charge in [0.15, 0.2) is 0 Å². The first kappa shape index (κ1) is 9.38. The maximum absolute atomic E-state index is 10.6. The van der Waals surface area contributed by atoms with E-state index in [-0.39, 0.29) is 0 Å². The van der Waals surface area contributed by atoms with Crippen LogP contribution in [-0.4, -0.2) is 16.4 Å². The summed E-state index contributed by atoms with van der Waals surface area (Å²) in [6.07, 6.45) is 0. The van der Waals surface area contributed by atoms with Crippen LogP contribution in [0.3, 0.4) is 0 Å². The molecular formula is C4H6N4O3. The van der Waals surface area contributed by atoms with Crippen molar-refractivity contribution in [3.63, 3.8) is 0 Å². The lowest BCUT2D eigenvalue weighted by Gasteiger charge is -2.09. The number of nitro groups is 1. The Morgan fingerprint density at radius 3 is 2.45 bits per heavy atom. The smallest absolute Gasteiger partial charge is 0.284 e. The molecule has 60 valence electrons. The second kappa shape index (κ2) is 2.98. The predicted molar refractivity (Wildman–Crippen MR) is 35.2 cm³/mol. The Morgan fingerprint density at radius 2 is 2.18 bits per heavy atom. The molecule has 7 heteroatoms. The molecule has 0 aliphatic rings. The van der Waals surface area contributed by atoms with E-state index in [1.807, 2.05) is 0 Å². The van der Waals surface area contributed by atoms with Crippen LogP contribution in [0.4, 0.5) is 0 Å². The van der Waals surface area contributed by atoms with E-state index in [4.69, 9.17) is 5.53 Å². The monoisotopic (exact) mass is 158 g/mol. The summed E-state index contributed by atoms with van der Waals surface area (Å²) in [6.45, 7) is 2.15. The lowest BCUT2D eigenvalue weighted by Crippen LogP contribution is -2.38. The van der Waals surface area contributed by atoms with Crippen molar-refractivity contribution in [2.75, 3.05) is 0 Å². The Labute approximate surface area is 61.8 Å². The van der Waals surface area contributed by atoms with Crippen LogP contribution >= 0.6 is 0 Å². The van der Waals surface area contributed by atoms with Crippen LogP contribution in [0.5, 0.6) is 0 Å². The molecule has 0 aromatic carbocycles. The van der Waals surface area contributed by atoms with E-state index in [0.717, 1.165) is 13.8 Å². The fourth-order valence-electron chi connectivity index (χ4n) is 0.241. The Balaban J connectivity index is 4.69. The van der Waals surface area contributed by atoms with E-state index in [2.05, 4.69) is 10.0 Å². The molecule has 0 atom stereocenters. The summed E-state index contributed by atoms with van der Waals surface area (Å²) in [5, 5.41) is 12.8. The number of rotatable bonds is 2. The third-order valence-corrected chi connectivity index (χ3v) is 1.12. The van der Waals surface area contributed by atoms with Gasteiger partial charge in [0.25, 0.3) is 11.4 Å². The predicted octanol–water partition coefficient (Wildman–Crippen LogP) is 0.879. The van der Waals surface area contributed by atoms with Gasteiger partial charge in [-0.1, -0.05) is 0 Å². The highest BCUT2D eigenvalue weighted by Gasteiger charge is 2.39. The highest BCUT2D eigenvalue weighted by Crippen LogP contribution is 2.09. The minimum Gasteiger partial charge on any atom is -0.284 e. The van der Waals surface area contributed by atoms with Gasteiger partial charge < -0.3 is 0 Å². The van der Waals surface area contributed by atoms with Crippen molar-refractivity contribution in [1.82, 2.24) is 0 Å². The quantitative estimate of drug-likeness (QED) is 0.195. The van der Waals surface area contributed by atoms with Crippen molar-refractivity contribution in [1.29, 1.82) is 0 Å². The van der Waals surface area contributed by atoms with Crippen LogP contribution < -0.4 is 0 Å². The normalized spacial score (nSPS) is 10.0. The summed E-state index contributed by atoms with van der Waals surface area (Å²) in [5.74, 6) is -1.09. The molecule has 0 N–H and O–H groups in total. The van der Waals surface area contributed by atoms with Crippen LogP contribution in [0.2, 0.25) is 0 Å². The summed E-state index contributed by atoms with van der Waals surface area (Å²) >= 11 is 0. The van der Waals surface area contributed by atoms with Crippen molar-refractivity contribution in [3.8, 4) is 0 Å². The Morgan fingerprint density at radius 1 is 1.73 bits per heavy atom. The maximum atomic E-state index is 10.6. The van der Waals surface area contributed by atoms with E-state index >= 15 is 0 Å². The van der Waals surface area contributed by atoms with E-state index in [0.29, 0.717) is 0 Å². The molecule has 0 aliphatic heterocycles. The first-order valence-corrected chi connectivity index (χ1v) is 2.67. The van der Waals surface area contributed by atoms with Crippen LogP contribution in [0.1, 0.15) is 13.8 Å². The number of hydrogen-bond donors (Lipinski definition) is 0. The van der Waals surface area contributed by atoms with Gasteiger partial charge in [0.2, 0.25) is 0 Å². The SMILES string of the molecule is CC(C)(C(=O)N=[N+]=[N-])[N+](=O)[O-]. The number of carbonyl (C=O) groups is 1. The van der Waals surface area contributed by atoms with Crippen molar-refractivity contribution in [3.05, 3.63) is 20.6 Å². The Bertz CT molecular complexity index is 240. The van der Waals surface area contributed by atoms with Crippen LogP contribution in [0.15, 0.2) is 5.11 Å². The highest BCUT2D eigenvalue weighted by atomic mass is 16.6. The lowest BCUT2D eigenvalue weighted by molar-refractivity contribution is -0.542. The lowest BCUT2D eigenvalue weighted by atomic mass is 10.1. The summed E-state index contributed by atoms with van der Waals surface area (Å²) in [4.78, 5) is 22.1. The number of azide groups is 1. The summed E-state index contributed by atoms with van der Waals surface area (Å²) in [7, 11) is 0. The molecule has 0 saturated heterocycles. The standard InChI is InChI=1S/C4H6N4O3/c1-4(2,8(10)11)3(9)6-7-5/h1-2H3. The maximum Gasteiger partial charge on any atom is 0.294 e. The first-order chi connectivity index (χ1) is 4.92. The van der Waals surface area contributed by atoms with Gasteiger partial charge in [-0.25, -0.2) is 0 Å². The minimum absolute atomic E-state index is 0.802. The molecular weight excluding hydrogens is 152 g/mol. The van der Waals surface area contributed by atoms with Crippen LogP contribution in [0, 0.1) is 10.1 Å². The molecule has 7 nitrogen and oxygen atoms in total. The topological polar surface area (TPSA) is 109 Å². The fourth-order valence-corrected chi connectivity index (χ4v) is 0.241.